The number of hydrogen-bond donors (Lipinski definition) is 2. The van der Waals surface area contributed by atoms with Crippen LogP contribution in [-0.2, 0) is 4.74 Å². The number of rotatable bonds is 3. The van der Waals surface area contributed by atoms with E-state index in [1.807, 2.05) is 6.92 Å². The van der Waals surface area contributed by atoms with Gasteiger partial charge in [0.15, 0.2) is 5.69 Å². The fourth-order valence-corrected chi connectivity index (χ4v) is 1.33. The summed E-state index contributed by atoms with van der Waals surface area (Å²) in [5.74, 6) is -0.500. The number of nitrogens with one attached hydrogen (secondary N) is 2. The Morgan fingerprint density at radius 3 is 2.94 bits per heavy atom. The second-order valence-electron chi connectivity index (χ2n) is 3.17. The Balaban J connectivity index is 2.40. The molecular weight excluding hydrogens is 210 g/mol. The minimum absolute atomic E-state index is 0.161. The van der Waals surface area contributed by atoms with Gasteiger partial charge in [0.05, 0.1) is 18.5 Å². The van der Waals surface area contributed by atoms with E-state index in [4.69, 9.17) is 4.74 Å². The van der Waals surface area contributed by atoms with Gasteiger partial charge in [-0.05, 0) is 19.4 Å². The van der Waals surface area contributed by atoms with Crippen LogP contribution in [0.1, 0.15) is 23.0 Å². The van der Waals surface area contributed by atoms with Gasteiger partial charge in [0, 0.05) is 0 Å². The molecule has 0 aliphatic carbocycles. The molecule has 0 unspecified atom stereocenters. The molecule has 0 atom stereocenters. The van der Waals surface area contributed by atoms with Crippen molar-refractivity contribution in [3.63, 3.8) is 0 Å². The maximum absolute atomic E-state index is 11.6. The molecular formula is C9H11N5O2. The number of hydrogen-bond acceptors (Lipinski definition) is 5. The van der Waals surface area contributed by atoms with E-state index in [1.165, 1.54) is 0 Å². The molecule has 16 heavy (non-hydrogen) atoms. The highest BCUT2D eigenvalue weighted by Gasteiger charge is 2.21. The van der Waals surface area contributed by atoms with Crippen LogP contribution in [0.4, 0.5) is 0 Å². The molecule has 7 heteroatoms. The van der Waals surface area contributed by atoms with Crippen molar-refractivity contribution < 1.29 is 9.53 Å². The lowest BCUT2D eigenvalue weighted by Crippen LogP contribution is -2.07. The van der Waals surface area contributed by atoms with Crippen LogP contribution < -0.4 is 0 Å². The summed E-state index contributed by atoms with van der Waals surface area (Å²) in [5.41, 5.74) is 2.14. The van der Waals surface area contributed by atoms with Crippen LogP contribution in [0, 0.1) is 6.92 Å². The number of nitrogens with zero attached hydrogens (tertiary/aromatic N) is 3. The molecule has 7 nitrogen and oxygen atoms in total. The van der Waals surface area contributed by atoms with Gasteiger partial charge in [0.1, 0.15) is 5.69 Å². The van der Waals surface area contributed by atoms with Gasteiger partial charge in [0.25, 0.3) is 0 Å². The summed E-state index contributed by atoms with van der Waals surface area (Å²) in [6.07, 6.45) is 1.65. The summed E-state index contributed by atoms with van der Waals surface area (Å²) < 4.78 is 4.87. The second-order valence-corrected chi connectivity index (χ2v) is 3.17. The number of aryl methyl sites for hydroxylation is 1. The first-order valence-corrected chi connectivity index (χ1v) is 4.82. The summed E-state index contributed by atoms with van der Waals surface area (Å²) in [7, 11) is 0. The predicted octanol–water partition coefficient (Wildman–Crippen LogP) is 0.680. The third-order valence-electron chi connectivity index (χ3n) is 2.08. The SMILES string of the molecule is CCOC(=O)c1n[nH]nc1-c1[nH]ncc1C. The van der Waals surface area contributed by atoms with Gasteiger partial charge in [-0.2, -0.15) is 15.4 Å². The van der Waals surface area contributed by atoms with E-state index >= 15 is 0 Å². The van der Waals surface area contributed by atoms with Crippen LogP contribution >= 0.6 is 0 Å². The van der Waals surface area contributed by atoms with Crippen molar-refractivity contribution in [3.8, 4) is 11.4 Å². The van der Waals surface area contributed by atoms with E-state index in [0.717, 1.165) is 5.56 Å². The third kappa shape index (κ3) is 1.67. The average molecular weight is 221 g/mol. The molecule has 2 aromatic heterocycles. The summed E-state index contributed by atoms with van der Waals surface area (Å²) >= 11 is 0. The fourth-order valence-electron chi connectivity index (χ4n) is 1.33. The van der Waals surface area contributed by atoms with Crippen molar-refractivity contribution in [2.24, 2.45) is 0 Å². The summed E-state index contributed by atoms with van der Waals surface area (Å²) in [6, 6.07) is 0. The zero-order chi connectivity index (χ0) is 11.5. The number of carbonyl (C=O) groups excluding carboxylic acids is 1. The highest BCUT2D eigenvalue weighted by Crippen LogP contribution is 2.20. The number of H-pyrrole nitrogens is 2. The van der Waals surface area contributed by atoms with Crippen molar-refractivity contribution in [2.45, 2.75) is 13.8 Å². The first-order chi connectivity index (χ1) is 7.74. The van der Waals surface area contributed by atoms with Crippen LogP contribution in [0.15, 0.2) is 6.20 Å². The molecule has 0 aliphatic rings. The van der Waals surface area contributed by atoms with Crippen LogP contribution in [0.2, 0.25) is 0 Å². The first-order valence-electron chi connectivity index (χ1n) is 4.82. The Morgan fingerprint density at radius 1 is 1.50 bits per heavy atom. The molecule has 0 amide bonds. The largest absolute Gasteiger partial charge is 0.461 e. The van der Waals surface area contributed by atoms with Gasteiger partial charge < -0.3 is 4.74 Å². The Morgan fingerprint density at radius 2 is 2.31 bits per heavy atom. The predicted molar refractivity (Wildman–Crippen MR) is 54.7 cm³/mol. The quantitative estimate of drug-likeness (QED) is 0.743. The molecule has 0 aliphatic heterocycles. The zero-order valence-electron chi connectivity index (χ0n) is 8.94. The Kier molecular flexibility index (Phi) is 2.67. The molecule has 2 aromatic rings. The smallest absolute Gasteiger partial charge is 0.361 e. The molecule has 0 radical (unpaired) electrons. The van der Waals surface area contributed by atoms with Gasteiger partial charge in [0.2, 0.25) is 0 Å². The second kappa shape index (κ2) is 4.13. The molecule has 0 aromatic carbocycles. The summed E-state index contributed by atoms with van der Waals surface area (Å²) in [5, 5.41) is 16.7. The Bertz CT molecular complexity index is 501. The average Bonchev–Trinajstić information content (AvgIpc) is 2.85. The minimum atomic E-state index is -0.500. The minimum Gasteiger partial charge on any atom is -0.461 e. The monoisotopic (exact) mass is 221 g/mol. The maximum atomic E-state index is 11.6. The highest BCUT2D eigenvalue weighted by atomic mass is 16.5. The van der Waals surface area contributed by atoms with Gasteiger partial charge in [-0.25, -0.2) is 4.79 Å². The number of ether oxygens (including phenoxy) is 1. The lowest BCUT2D eigenvalue weighted by molar-refractivity contribution is 0.0520. The Hall–Kier alpha value is -2.18. The van der Waals surface area contributed by atoms with E-state index in [0.29, 0.717) is 18.0 Å². The molecule has 0 fully saturated rings. The number of aromatic amines is 2. The number of esters is 1. The molecule has 2 N–H and O–H groups in total. The summed E-state index contributed by atoms with van der Waals surface area (Å²) in [4.78, 5) is 11.6. The van der Waals surface area contributed by atoms with Gasteiger partial charge in [-0.15, -0.1) is 5.10 Å². The van der Waals surface area contributed by atoms with Crippen molar-refractivity contribution in [3.05, 3.63) is 17.5 Å². The molecule has 0 saturated carbocycles. The van der Waals surface area contributed by atoms with E-state index in [9.17, 15) is 4.79 Å². The van der Waals surface area contributed by atoms with Crippen molar-refractivity contribution in [2.75, 3.05) is 6.61 Å². The van der Waals surface area contributed by atoms with E-state index in [1.54, 1.807) is 13.1 Å². The molecule has 0 bridgehead atoms. The van der Waals surface area contributed by atoms with Crippen LogP contribution in [0.3, 0.4) is 0 Å². The number of carbonyl (C=O) groups is 1. The molecule has 0 saturated heterocycles. The lowest BCUT2D eigenvalue weighted by Gasteiger charge is -1.99. The van der Waals surface area contributed by atoms with E-state index in [-0.39, 0.29) is 5.69 Å². The highest BCUT2D eigenvalue weighted by molar-refractivity contribution is 5.93. The third-order valence-corrected chi connectivity index (χ3v) is 2.08. The topological polar surface area (TPSA) is 96.5 Å². The van der Waals surface area contributed by atoms with Crippen LogP contribution in [0.25, 0.3) is 11.4 Å². The van der Waals surface area contributed by atoms with E-state index in [2.05, 4.69) is 25.6 Å². The summed E-state index contributed by atoms with van der Waals surface area (Å²) in [6.45, 7) is 3.90. The molecule has 0 spiro atoms. The van der Waals surface area contributed by atoms with Gasteiger partial charge in [-0.1, -0.05) is 0 Å². The van der Waals surface area contributed by atoms with Crippen LogP contribution in [-0.4, -0.2) is 38.2 Å². The van der Waals surface area contributed by atoms with Crippen molar-refractivity contribution in [1.82, 2.24) is 25.6 Å². The van der Waals surface area contributed by atoms with Crippen LogP contribution in [0.5, 0.6) is 0 Å². The van der Waals surface area contributed by atoms with Gasteiger partial charge in [-0.3, -0.25) is 5.10 Å². The lowest BCUT2D eigenvalue weighted by atomic mass is 10.2. The molecule has 2 rings (SSSR count). The Labute approximate surface area is 91.2 Å². The van der Waals surface area contributed by atoms with Gasteiger partial charge >= 0.3 is 5.97 Å². The van der Waals surface area contributed by atoms with Crippen molar-refractivity contribution in [1.29, 1.82) is 0 Å². The number of aromatic nitrogens is 5. The fraction of sp³-hybridized carbons (Fsp3) is 0.333. The molecule has 84 valence electrons. The zero-order valence-corrected chi connectivity index (χ0v) is 8.94. The van der Waals surface area contributed by atoms with E-state index < -0.39 is 5.97 Å². The standard InChI is InChI=1S/C9H11N5O2/c1-3-16-9(15)8-7(12-14-13-8)6-5(2)4-10-11-6/h4H,3H2,1-2H3,(H,10,11)(H,12,13,14). The van der Waals surface area contributed by atoms with Crippen molar-refractivity contribution >= 4 is 5.97 Å². The molecule has 2 heterocycles. The normalized spacial score (nSPS) is 10.4. The maximum Gasteiger partial charge on any atom is 0.361 e. The first kappa shape index (κ1) is 10.3.